The monoisotopic (exact) mass is 358 g/mol. The van der Waals surface area contributed by atoms with Crippen LogP contribution < -0.4 is 9.64 Å². The molecule has 2 aromatic carbocycles. The number of piperazine rings is 1. The summed E-state index contributed by atoms with van der Waals surface area (Å²) >= 11 is 6.12. The van der Waals surface area contributed by atoms with Crippen molar-refractivity contribution in [1.29, 1.82) is 0 Å². The molecule has 0 radical (unpaired) electrons. The number of anilines is 1. The second kappa shape index (κ2) is 7.46. The van der Waals surface area contributed by atoms with Gasteiger partial charge in [0.1, 0.15) is 5.75 Å². The predicted octanol–water partition coefficient (Wildman–Crippen LogP) is 3.89. The summed E-state index contributed by atoms with van der Waals surface area (Å²) in [6.45, 7) is 6.24. The first-order valence-electron chi connectivity index (χ1n) is 8.44. The van der Waals surface area contributed by atoms with E-state index >= 15 is 0 Å². The molecule has 1 fully saturated rings. The van der Waals surface area contributed by atoms with Crippen LogP contribution in [-0.4, -0.2) is 37.0 Å². The normalized spacial score (nSPS) is 18.5. The van der Waals surface area contributed by atoms with Crippen LogP contribution >= 0.6 is 11.6 Å². The van der Waals surface area contributed by atoms with E-state index in [4.69, 9.17) is 16.3 Å². The predicted molar refractivity (Wildman–Crippen MR) is 101 cm³/mol. The number of carbonyl (C=O) groups is 1. The van der Waals surface area contributed by atoms with E-state index in [-0.39, 0.29) is 11.9 Å². The van der Waals surface area contributed by atoms with Crippen molar-refractivity contribution < 1.29 is 9.53 Å². The summed E-state index contributed by atoms with van der Waals surface area (Å²) in [6, 6.07) is 13.6. The largest absolute Gasteiger partial charge is 0.495 e. The lowest BCUT2D eigenvalue weighted by Crippen LogP contribution is -2.55. The van der Waals surface area contributed by atoms with Gasteiger partial charge in [0.05, 0.1) is 18.8 Å². The Morgan fingerprint density at radius 1 is 1.20 bits per heavy atom. The van der Waals surface area contributed by atoms with Gasteiger partial charge in [0.2, 0.25) is 5.91 Å². The van der Waals surface area contributed by atoms with Gasteiger partial charge in [-0.2, -0.15) is 0 Å². The van der Waals surface area contributed by atoms with Crippen LogP contribution in [-0.2, 0) is 11.3 Å². The van der Waals surface area contributed by atoms with E-state index in [1.165, 1.54) is 11.1 Å². The first-order valence-corrected chi connectivity index (χ1v) is 8.82. The molecular formula is C20H23ClN2O2. The van der Waals surface area contributed by atoms with Gasteiger partial charge >= 0.3 is 0 Å². The zero-order chi connectivity index (χ0) is 18.0. The van der Waals surface area contributed by atoms with Crippen molar-refractivity contribution in [2.24, 2.45) is 0 Å². The zero-order valence-corrected chi connectivity index (χ0v) is 15.6. The fraction of sp³-hybridized carbons (Fsp3) is 0.350. The third kappa shape index (κ3) is 3.80. The summed E-state index contributed by atoms with van der Waals surface area (Å²) in [5.74, 6) is 0.733. The summed E-state index contributed by atoms with van der Waals surface area (Å²) < 4.78 is 5.41. The molecule has 3 rings (SSSR count). The number of hydrogen-bond acceptors (Lipinski definition) is 3. The highest BCUT2D eigenvalue weighted by molar-refractivity contribution is 6.31. The van der Waals surface area contributed by atoms with E-state index in [1.54, 1.807) is 30.2 Å². The number of halogens is 1. The number of aryl methyl sites for hydroxylation is 1. The molecular weight excluding hydrogens is 336 g/mol. The van der Waals surface area contributed by atoms with E-state index < -0.39 is 0 Å². The molecule has 0 aromatic heterocycles. The topological polar surface area (TPSA) is 32.8 Å². The molecule has 4 nitrogen and oxygen atoms in total. The molecule has 0 unspecified atom stereocenters. The Balaban J connectivity index is 1.79. The Labute approximate surface area is 154 Å². The second-order valence-electron chi connectivity index (χ2n) is 6.44. The van der Waals surface area contributed by atoms with Gasteiger partial charge in [0, 0.05) is 24.7 Å². The minimum atomic E-state index is -0.196. The molecule has 25 heavy (non-hydrogen) atoms. The molecule has 2 aromatic rings. The maximum absolute atomic E-state index is 13.0. The number of ether oxygens (including phenoxy) is 1. The molecule has 0 aliphatic carbocycles. The summed E-state index contributed by atoms with van der Waals surface area (Å²) in [4.78, 5) is 17.0. The van der Waals surface area contributed by atoms with Gasteiger partial charge in [-0.05, 0) is 37.6 Å². The maximum atomic E-state index is 13.0. The first-order chi connectivity index (χ1) is 12.0. The number of carbonyl (C=O) groups excluding carboxylic acids is 1. The third-order valence-corrected chi connectivity index (χ3v) is 4.92. The molecule has 0 saturated carbocycles. The fourth-order valence-corrected chi connectivity index (χ4v) is 3.45. The molecule has 132 valence electrons. The lowest BCUT2D eigenvalue weighted by Gasteiger charge is -2.39. The zero-order valence-electron chi connectivity index (χ0n) is 14.8. The van der Waals surface area contributed by atoms with Crippen LogP contribution in [0.5, 0.6) is 5.75 Å². The van der Waals surface area contributed by atoms with E-state index in [0.717, 1.165) is 18.8 Å². The summed E-state index contributed by atoms with van der Waals surface area (Å²) in [7, 11) is 1.61. The van der Waals surface area contributed by atoms with E-state index in [1.807, 2.05) is 6.92 Å². The quantitative estimate of drug-likeness (QED) is 0.831. The summed E-state index contributed by atoms with van der Waals surface area (Å²) in [5.41, 5.74) is 3.20. The number of methoxy groups -OCH3 is 1. The third-order valence-electron chi connectivity index (χ3n) is 4.68. The van der Waals surface area contributed by atoms with E-state index in [0.29, 0.717) is 17.3 Å². The molecule has 1 heterocycles. The molecule has 1 saturated heterocycles. The highest BCUT2D eigenvalue weighted by Crippen LogP contribution is 2.33. The lowest BCUT2D eigenvalue weighted by atomic mass is 10.1. The Kier molecular flexibility index (Phi) is 5.30. The minimum absolute atomic E-state index is 0.0690. The van der Waals surface area contributed by atoms with Crippen LogP contribution in [0.15, 0.2) is 42.5 Å². The molecule has 1 aliphatic heterocycles. The van der Waals surface area contributed by atoms with Crippen molar-refractivity contribution >= 4 is 23.2 Å². The maximum Gasteiger partial charge on any atom is 0.244 e. The molecule has 1 amide bonds. The van der Waals surface area contributed by atoms with Crippen molar-refractivity contribution in [3.05, 3.63) is 58.6 Å². The van der Waals surface area contributed by atoms with Crippen LogP contribution in [0.4, 0.5) is 5.69 Å². The highest BCUT2D eigenvalue weighted by Gasteiger charge is 2.33. The lowest BCUT2D eigenvalue weighted by molar-refractivity contribution is -0.125. The Bertz CT molecular complexity index is 778. The van der Waals surface area contributed by atoms with Gasteiger partial charge < -0.3 is 9.64 Å². The molecule has 0 N–H and O–H groups in total. The number of benzene rings is 2. The van der Waals surface area contributed by atoms with Crippen molar-refractivity contribution in [2.45, 2.75) is 26.4 Å². The van der Waals surface area contributed by atoms with E-state index in [2.05, 4.69) is 36.1 Å². The van der Waals surface area contributed by atoms with Gasteiger partial charge in [-0.1, -0.05) is 41.4 Å². The molecule has 0 spiro atoms. The Hall–Kier alpha value is -2.04. The van der Waals surface area contributed by atoms with E-state index in [9.17, 15) is 4.79 Å². The minimum Gasteiger partial charge on any atom is -0.495 e. The average Bonchev–Trinajstić information content (AvgIpc) is 2.59. The van der Waals surface area contributed by atoms with Gasteiger partial charge in [-0.25, -0.2) is 0 Å². The fourth-order valence-electron chi connectivity index (χ4n) is 3.29. The van der Waals surface area contributed by atoms with Crippen LogP contribution in [0.1, 0.15) is 18.1 Å². The van der Waals surface area contributed by atoms with Gasteiger partial charge in [0.25, 0.3) is 0 Å². The van der Waals surface area contributed by atoms with Crippen LogP contribution in [0, 0.1) is 6.92 Å². The van der Waals surface area contributed by atoms with Crippen LogP contribution in [0.25, 0.3) is 0 Å². The van der Waals surface area contributed by atoms with Crippen LogP contribution in [0.2, 0.25) is 5.02 Å². The summed E-state index contributed by atoms with van der Waals surface area (Å²) in [6.07, 6.45) is 0. The number of rotatable bonds is 4. The number of hydrogen-bond donors (Lipinski definition) is 0. The van der Waals surface area contributed by atoms with Crippen molar-refractivity contribution in [2.75, 3.05) is 25.1 Å². The number of amides is 1. The average molecular weight is 359 g/mol. The molecule has 0 bridgehead atoms. The van der Waals surface area contributed by atoms with Crippen LogP contribution in [0.3, 0.4) is 0 Å². The first kappa shape index (κ1) is 17.8. The second-order valence-corrected chi connectivity index (χ2v) is 6.88. The Morgan fingerprint density at radius 3 is 2.72 bits per heavy atom. The molecule has 5 heteroatoms. The van der Waals surface area contributed by atoms with Crippen molar-refractivity contribution in [3.8, 4) is 5.75 Å². The number of nitrogens with zero attached hydrogens (tertiary/aromatic N) is 2. The molecule has 1 aliphatic rings. The van der Waals surface area contributed by atoms with Gasteiger partial charge in [-0.15, -0.1) is 0 Å². The van der Waals surface area contributed by atoms with Gasteiger partial charge in [-0.3, -0.25) is 9.69 Å². The standard InChI is InChI=1S/C20H23ClN2O2/c1-14-5-4-6-16(11-14)13-22-9-10-23(20(24)15(22)2)18-12-17(21)7-8-19(18)25-3/h4-8,11-12,15H,9-10,13H2,1-3H3/t15-/m1/s1. The van der Waals surface area contributed by atoms with Gasteiger partial charge in [0.15, 0.2) is 0 Å². The van der Waals surface area contributed by atoms with Crippen molar-refractivity contribution in [1.82, 2.24) is 4.90 Å². The highest BCUT2D eigenvalue weighted by atomic mass is 35.5. The smallest absolute Gasteiger partial charge is 0.244 e. The Morgan fingerprint density at radius 2 is 2.00 bits per heavy atom. The molecule has 1 atom stereocenters. The van der Waals surface area contributed by atoms with Crippen molar-refractivity contribution in [3.63, 3.8) is 0 Å². The SMILES string of the molecule is COc1ccc(Cl)cc1N1CCN(Cc2cccc(C)c2)[C@H](C)C1=O. The summed E-state index contributed by atoms with van der Waals surface area (Å²) in [5, 5.41) is 0.596.